The van der Waals surface area contributed by atoms with Gasteiger partial charge in [0.1, 0.15) is 18.1 Å². The van der Waals surface area contributed by atoms with Gasteiger partial charge < -0.3 is 29.5 Å². The van der Waals surface area contributed by atoms with E-state index in [0.29, 0.717) is 31.1 Å². The van der Waals surface area contributed by atoms with E-state index in [4.69, 9.17) is 9.47 Å². The highest BCUT2D eigenvalue weighted by atomic mass is 19.4. The number of carbonyl (C=O) groups is 2. The summed E-state index contributed by atoms with van der Waals surface area (Å²) in [5, 5.41) is 12.0. The maximum Gasteiger partial charge on any atom is 0.573 e. The molecule has 2 N–H and O–H groups in total. The molecule has 8 nitrogen and oxygen atoms in total. The second-order valence-electron chi connectivity index (χ2n) is 10.5. The van der Waals surface area contributed by atoms with Gasteiger partial charge in [0, 0.05) is 25.3 Å². The molecule has 42 heavy (non-hydrogen) atoms. The first-order valence-corrected chi connectivity index (χ1v) is 14.6. The Morgan fingerprint density at radius 2 is 1.64 bits per heavy atom. The van der Waals surface area contributed by atoms with Gasteiger partial charge in [0.2, 0.25) is 0 Å². The molecular weight excluding hydrogens is 553 g/mol. The smallest absolute Gasteiger partial charge is 0.492 e. The summed E-state index contributed by atoms with van der Waals surface area (Å²) in [5.74, 6) is -0.0419. The minimum Gasteiger partial charge on any atom is -0.492 e. The van der Waals surface area contributed by atoms with Crippen LogP contribution in [0.1, 0.15) is 63.9 Å². The number of hydrogen-bond donors (Lipinski definition) is 2. The Labute approximate surface area is 245 Å². The van der Waals surface area contributed by atoms with Gasteiger partial charge in [-0.3, -0.25) is 0 Å². The summed E-state index contributed by atoms with van der Waals surface area (Å²) >= 11 is 0. The Bertz CT molecular complexity index is 1090. The quantitative estimate of drug-likeness (QED) is 0.198. The van der Waals surface area contributed by atoms with Crippen molar-refractivity contribution in [3.63, 3.8) is 0 Å². The van der Waals surface area contributed by atoms with E-state index in [-0.39, 0.29) is 24.8 Å². The van der Waals surface area contributed by atoms with Crippen LogP contribution in [-0.4, -0.2) is 60.8 Å². The highest BCUT2D eigenvalue weighted by molar-refractivity contribution is 5.89. The molecule has 1 fully saturated rings. The molecule has 2 amide bonds. The molecule has 0 bridgehead atoms. The number of ether oxygens (including phenoxy) is 3. The summed E-state index contributed by atoms with van der Waals surface area (Å²) in [6, 6.07) is 11.7. The summed E-state index contributed by atoms with van der Waals surface area (Å²) in [6.45, 7) is 3.10. The number of unbranched alkanes of at least 4 members (excludes halogenated alkanes) is 1. The zero-order valence-electron chi connectivity index (χ0n) is 24.0. The van der Waals surface area contributed by atoms with Gasteiger partial charge in [-0.2, -0.15) is 0 Å². The van der Waals surface area contributed by atoms with Gasteiger partial charge in [0.25, 0.3) is 0 Å². The Hall–Kier alpha value is -3.47. The molecule has 2 aromatic rings. The molecule has 232 valence electrons. The van der Waals surface area contributed by atoms with Crippen LogP contribution in [0, 0.1) is 5.92 Å². The maximum atomic E-state index is 13.1. The second kappa shape index (κ2) is 16.8. The lowest BCUT2D eigenvalue weighted by atomic mass is 9.86. The van der Waals surface area contributed by atoms with Crippen molar-refractivity contribution in [1.82, 2.24) is 4.90 Å². The van der Waals surface area contributed by atoms with Crippen LogP contribution < -0.4 is 14.8 Å². The highest BCUT2D eigenvalue weighted by Gasteiger charge is 2.31. The third-order valence-corrected chi connectivity index (χ3v) is 7.26. The van der Waals surface area contributed by atoms with Crippen LogP contribution in [0.2, 0.25) is 0 Å². The lowest BCUT2D eigenvalue weighted by Gasteiger charge is -2.25. The van der Waals surface area contributed by atoms with E-state index in [1.54, 1.807) is 36.1 Å². The zero-order valence-corrected chi connectivity index (χ0v) is 24.0. The van der Waals surface area contributed by atoms with E-state index in [1.165, 1.54) is 44.2 Å². The first-order chi connectivity index (χ1) is 20.1. The topological polar surface area (TPSA) is 97.3 Å². The fraction of sp³-hybridized carbons (Fsp3) is 0.548. The minimum absolute atomic E-state index is 0.227. The predicted octanol–water partition coefficient (Wildman–Crippen LogP) is 7.28. The fourth-order valence-corrected chi connectivity index (χ4v) is 5.10. The number of nitrogens with zero attached hydrogens (tertiary/aromatic N) is 1. The Kier molecular flexibility index (Phi) is 13.2. The number of rotatable bonds is 16. The number of carboxylic acids is 1. The van der Waals surface area contributed by atoms with Crippen LogP contribution in [0.4, 0.5) is 23.7 Å². The van der Waals surface area contributed by atoms with Crippen molar-refractivity contribution in [2.24, 2.45) is 5.92 Å². The van der Waals surface area contributed by atoms with Gasteiger partial charge in [-0.25, -0.2) is 9.59 Å². The number of alkyl halides is 3. The Morgan fingerprint density at radius 1 is 0.976 bits per heavy atom. The molecule has 3 rings (SSSR count). The number of halogens is 3. The van der Waals surface area contributed by atoms with Gasteiger partial charge in [-0.1, -0.05) is 57.1 Å². The Balaban J connectivity index is 1.54. The molecule has 0 heterocycles. The number of aliphatic carboxylic acids is 1. The van der Waals surface area contributed by atoms with E-state index >= 15 is 0 Å². The average molecular weight is 595 g/mol. The predicted molar refractivity (Wildman–Crippen MR) is 153 cm³/mol. The summed E-state index contributed by atoms with van der Waals surface area (Å²) in [7, 11) is 0. The molecule has 1 unspecified atom stereocenters. The first-order valence-electron chi connectivity index (χ1n) is 14.6. The number of hydrogen-bond acceptors (Lipinski definition) is 5. The highest BCUT2D eigenvalue weighted by Crippen LogP contribution is 2.28. The van der Waals surface area contributed by atoms with Crippen LogP contribution >= 0.6 is 0 Å². The monoisotopic (exact) mass is 594 g/mol. The molecule has 1 aliphatic rings. The van der Waals surface area contributed by atoms with Gasteiger partial charge in [-0.15, -0.1) is 13.2 Å². The summed E-state index contributed by atoms with van der Waals surface area (Å²) in [6.07, 6.45) is 3.96. The lowest BCUT2D eigenvalue weighted by Crippen LogP contribution is -2.38. The minimum atomic E-state index is -4.79. The number of amides is 2. The number of carbonyl (C=O) groups excluding carboxylic acids is 1. The fourth-order valence-electron chi connectivity index (χ4n) is 5.10. The standard InChI is InChI=1S/C31H41F3N2O6/c1-2-40-28(29(37)38)22-24-11-15-26(16-12-24)41-21-20-36(19-7-6-10-23-8-4-3-5-9-23)30(39)35-25-13-17-27(18-14-25)42-31(32,33)34/h11-18,23,28H,2-10,19-22H2,1H3,(H,35,39)(H,37,38). The first kappa shape index (κ1) is 33.0. The van der Waals surface area contributed by atoms with Crippen molar-refractivity contribution in [1.29, 1.82) is 0 Å². The molecule has 0 aromatic heterocycles. The zero-order chi connectivity index (χ0) is 30.4. The van der Waals surface area contributed by atoms with Crippen molar-refractivity contribution in [2.45, 2.75) is 77.2 Å². The maximum absolute atomic E-state index is 13.1. The second-order valence-corrected chi connectivity index (χ2v) is 10.5. The number of nitrogens with one attached hydrogen (secondary N) is 1. The van der Waals surface area contributed by atoms with Crippen molar-refractivity contribution < 1.29 is 42.1 Å². The molecule has 0 spiro atoms. The van der Waals surface area contributed by atoms with Crippen molar-refractivity contribution >= 4 is 17.7 Å². The molecule has 1 aliphatic carbocycles. The molecular formula is C31H41F3N2O6. The van der Waals surface area contributed by atoms with Crippen LogP contribution in [0.15, 0.2) is 48.5 Å². The molecule has 0 saturated heterocycles. The van der Waals surface area contributed by atoms with E-state index in [9.17, 15) is 27.9 Å². The van der Waals surface area contributed by atoms with Crippen molar-refractivity contribution in [3.05, 3.63) is 54.1 Å². The van der Waals surface area contributed by atoms with Gasteiger partial charge >= 0.3 is 18.4 Å². The molecule has 1 atom stereocenters. The summed E-state index contributed by atoms with van der Waals surface area (Å²) in [5.41, 5.74) is 1.15. The summed E-state index contributed by atoms with van der Waals surface area (Å²) < 4.78 is 52.4. The largest absolute Gasteiger partial charge is 0.573 e. The van der Waals surface area contributed by atoms with Gasteiger partial charge in [0.15, 0.2) is 6.10 Å². The molecule has 2 aromatic carbocycles. The lowest BCUT2D eigenvalue weighted by molar-refractivity contribution is -0.274. The molecule has 0 aliphatic heterocycles. The Morgan fingerprint density at radius 3 is 2.26 bits per heavy atom. The molecule has 0 radical (unpaired) electrons. The molecule has 1 saturated carbocycles. The van der Waals surface area contributed by atoms with Crippen LogP contribution in [-0.2, 0) is 16.0 Å². The van der Waals surface area contributed by atoms with Crippen molar-refractivity contribution in [3.8, 4) is 11.5 Å². The summed E-state index contributed by atoms with van der Waals surface area (Å²) in [4.78, 5) is 26.1. The molecule has 11 heteroatoms. The third-order valence-electron chi connectivity index (χ3n) is 7.26. The number of urea groups is 1. The van der Waals surface area contributed by atoms with Gasteiger partial charge in [-0.05, 0) is 61.2 Å². The number of carboxylic acid groups (broad SMARTS) is 1. The van der Waals surface area contributed by atoms with E-state index in [1.807, 2.05) is 0 Å². The van der Waals surface area contributed by atoms with Crippen LogP contribution in [0.5, 0.6) is 11.5 Å². The van der Waals surface area contributed by atoms with E-state index < -0.39 is 18.4 Å². The van der Waals surface area contributed by atoms with E-state index in [0.717, 1.165) is 42.9 Å². The average Bonchev–Trinajstić information content (AvgIpc) is 2.95. The number of benzene rings is 2. The normalized spacial score (nSPS) is 14.7. The van der Waals surface area contributed by atoms with E-state index in [2.05, 4.69) is 10.1 Å². The van der Waals surface area contributed by atoms with Crippen LogP contribution in [0.3, 0.4) is 0 Å². The number of anilines is 1. The van der Waals surface area contributed by atoms with Crippen molar-refractivity contribution in [2.75, 3.05) is 31.6 Å². The third kappa shape index (κ3) is 12.2. The van der Waals surface area contributed by atoms with Gasteiger partial charge in [0.05, 0.1) is 6.54 Å². The SMILES string of the molecule is CCOC(Cc1ccc(OCCN(CCCCC2CCCCC2)C(=O)Nc2ccc(OC(F)(F)F)cc2)cc1)C(=O)O. The van der Waals surface area contributed by atoms with Crippen LogP contribution in [0.25, 0.3) is 0 Å².